The van der Waals surface area contributed by atoms with E-state index in [0.29, 0.717) is 48.7 Å². The third kappa shape index (κ3) is 7.59. The summed E-state index contributed by atoms with van der Waals surface area (Å²) in [6.07, 6.45) is 6.72. The minimum Gasteiger partial charge on any atom is -0.457 e. The van der Waals surface area contributed by atoms with Crippen LogP contribution < -0.4 is 9.47 Å². The van der Waals surface area contributed by atoms with Gasteiger partial charge in [0.1, 0.15) is 34.2 Å². The Morgan fingerprint density at radius 3 is 1.29 bits per heavy atom. The molecule has 4 aromatic carbocycles. The molecule has 6 rings (SSSR count). The van der Waals surface area contributed by atoms with Gasteiger partial charge in [0.25, 0.3) is 0 Å². The van der Waals surface area contributed by atoms with Crippen LogP contribution in [0.1, 0.15) is 62.5 Å². The molecular weight excluding hydrogens is 584 g/mol. The molecule has 0 aromatic heterocycles. The highest BCUT2D eigenvalue weighted by atomic mass is 32.2. The van der Waals surface area contributed by atoms with Crippen LogP contribution in [-0.2, 0) is 9.84 Å². The van der Waals surface area contributed by atoms with Crippen LogP contribution in [0.2, 0.25) is 0 Å². The zero-order chi connectivity index (χ0) is 31.3. The van der Waals surface area contributed by atoms with E-state index in [1.807, 2.05) is 24.3 Å². The zero-order valence-corrected chi connectivity index (χ0v) is 25.6. The molecule has 4 aromatic rings. The highest BCUT2D eigenvalue weighted by Crippen LogP contribution is 2.31. The van der Waals surface area contributed by atoms with Crippen molar-refractivity contribution in [2.45, 2.75) is 72.4 Å². The second-order valence-corrected chi connectivity index (χ2v) is 13.6. The minimum absolute atomic E-state index is 0.142. The normalized spacial score (nSPS) is 16.6. The average Bonchev–Trinajstić information content (AvgIpc) is 3.69. The number of benzene rings is 4. The quantitative estimate of drug-likeness (QED) is 0.219. The highest BCUT2D eigenvalue weighted by molar-refractivity contribution is 7.91. The predicted octanol–water partition coefficient (Wildman–Crippen LogP) is 7.42. The molecule has 7 heteroatoms. The summed E-state index contributed by atoms with van der Waals surface area (Å²) in [5, 5.41) is 21.0. The molecule has 0 aliphatic heterocycles. The van der Waals surface area contributed by atoms with Crippen LogP contribution in [-0.4, -0.2) is 29.8 Å². The van der Waals surface area contributed by atoms with E-state index >= 15 is 0 Å². The molecule has 2 fully saturated rings. The van der Waals surface area contributed by atoms with Gasteiger partial charge in [0.05, 0.1) is 9.79 Å². The summed E-state index contributed by atoms with van der Waals surface area (Å²) in [5.41, 5.74) is -0.348. The van der Waals surface area contributed by atoms with Crippen LogP contribution in [0.5, 0.6) is 23.0 Å². The number of ether oxygens (including phenoxy) is 2. The topological polar surface area (TPSA) is 93.1 Å². The number of aliphatic hydroxyl groups is 2. The van der Waals surface area contributed by atoms with Crippen LogP contribution in [0.3, 0.4) is 0 Å². The van der Waals surface area contributed by atoms with E-state index < -0.39 is 21.0 Å². The molecule has 2 saturated carbocycles. The number of hydrogen-bond donors (Lipinski definition) is 2. The van der Waals surface area contributed by atoms with Crippen molar-refractivity contribution in [2.24, 2.45) is 0 Å². The molecule has 0 atom stereocenters. The van der Waals surface area contributed by atoms with Crippen LogP contribution >= 0.6 is 0 Å². The summed E-state index contributed by atoms with van der Waals surface area (Å²) >= 11 is 0. The fourth-order valence-electron chi connectivity index (χ4n) is 5.60. The van der Waals surface area contributed by atoms with Crippen molar-refractivity contribution in [3.05, 3.63) is 108 Å². The minimum atomic E-state index is -3.77. The highest BCUT2D eigenvalue weighted by Gasteiger charge is 2.29. The summed E-state index contributed by atoms with van der Waals surface area (Å²) in [4.78, 5) is 0.284. The Hall–Kier alpha value is -4.53. The number of hydrogen-bond acceptors (Lipinski definition) is 6. The van der Waals surface area contributed by atoms with Gasteiger partial charge in [-0.25, -0.2) is 8.42 Å². The molecule has 0 bridgehead atoms. The van der Waals surface area contributed by atoms with Gasteiger partial charge < -0.3 is 19.7 Å². The van der Waals surface area contributed by atoms with E-state index in [-0.39, 0.29) is 9.79 Å². The molecular formula is C38H34O6S. The first-order valence-electron chi connectivity index (χ1n) is 15.2. The molecule has 228 valence electrons. The zero-order valence-electron chi connectivity index (χ0n) is 24.8. The van der Waals surface area contributed by atoms with Gasteiger partial charge in [-0.3, -0.25) is 0 Å². The Bertz CT molecular complexity index is 1760. The molecule has 0 spiro atoms. The SMILES string of the molecule is O=S(=O)(c1ccc(Oc2cccc(C#CC3(O)CCCC3)c2)cc1)c1ccc(Oc2cccc(C#CC3(O)CCCC3)c2)cc1. The van der Waals surface area contributed by atoms with Crippen molar-refractivity contribution in [3.63, 3.8) is 0 Å². The lowest BCUT2D eigenvalue weighted by Crippen LogP contribution is -2.20. The number of rotatable bonds is 6. The van der Waals surface area contributed by atoms with Crippen molar-refractivity contribution < 1.29 is 28.1 Å². The lowest BCUT2D eigenvalue weighted by atomic mass is 10.0. The van der Waals surface area contributed by atoms with Crippen LogP contribution in [0.15, 0.2) is 107 Å². The Balaban J connectivity index is 1.10. The maximum absolute atomic E-state index is 13.3. The van der Waals surface area contributed by atoms with Gasteiger partial charge in [-0.05, 0) is 136 Å². The van der Waals surface area contributed by atoms with E-state index in [4.69, 9.17) is 9.47 Å². The molecule has 0 heterocycles. The Labute approximate surface area is 264 Å². The van der Waals surface area contributed by atoms with Gasteiger partial charge in [-0.1, -0.05) is 35.8 Å². The van der Waals surface area contributed by atoms with E-state index in [2.05, 4.69) is 23.7 Å². The van der Waals surface area contributed by atoms with Gasteiger partial charge >= 0.3 is 0 Å². The van der Waals surface area contributed by atoms with Crippen molar-refractivity contribution in [1.82, 2.24) is 0 Å². The standard InChI is InChI=1S/C38H34O6S/c39-37(21-1-2-22-37)25-19-29-7-5-9-33(27-29)43-31-11-15-35(16-12-31)45(41,42)36-17-13-32(14-18-36)44-34-10-6-8-30(28-34)20-26-38(40)23-3-4-24-38/h5-18,27-28,39-40H,1-4,21-24H2. The lowest BCUT2D eigenvalue weighted by Gasteiger charge is -2.13. The van der Waals surface area contributed by atoms with E-state index in [1.165, 1.54) is 24.3 Å². The summed E-state index contributed by atoms with van der Waals surface area (Å²) in [7, 11) is -3.77. The third-order valence-corrected chi connectivity index (χ3v) is 9.93. The predicted molar refractivity (Wildman–Crippen MR) is 172 cm³/mol. The molecule has 2 N–H and O–H groups in total. The van der Waals surface area contributed by atoms with Crippen molar-refractivity contribution in [1.29, 1.82) is 0 Å². The van der Waals surface area contributed by atoms with Gasteiger partial charge in [-0.2, -0.15) is 0 Å². The molecule has 2 aliphatic carbocycles. The van der Waals surface area contributed by atoms with Crippen LogP contribution in [0.4, 0.5) is 0 Å². The molecule has 0 amide bonds. The maximum atomic E-state index is 13.3. The monoisotopic (exact) mass is 618 g/mol. The third-order valence-electron chi connectivity index (χ3n) is 8.15. The lowest BCUT2D eigenvalue weighted by molar-refractivity contribution is 0.109. The summed E-state index contributed by atoms with van der Waals surface area (Å²) in [5.74, 6) is 14.2. The van der Waals surface area contributed by atoms with Crippen molar-refractivity contribution in [2.75, 3.05) is 0 Å². The average molecular weight is 619 g/mol. The maximum Gasteiger partial charge on any atom is 0.206 e. The van der Waals surface area contributed by atoms with Crippen molar-refractivity contribution in [3.8, 4) is 46.7 Å². The fraction of sp³-hybridized carbons (Fsp3) is 0.263. The first-order valence-corrected chi connectivity index (χ1v) is 16.7. The van der Waals surface area contributed by atoms with Crippen LogP contribution in [0, 0.1) is 23.7 Å². The second-order valence-electron chi connectivity index (χ2n) is 11.7. The Morgan fingerprint density at radius 1 is 0.533 bits per heavy atom. The Kier molecular flexibility index (Phi) is 8.70. The summed E-state index contributed by atoms with van der Waals surface area (Å²) in [6, 6.07) is 27.1. The van der Waals surface area contributed by atoms with E-state index in [0.717, 1.165) is 36.8 Å². The first kappa shape index (κ1) is 30.5. The molecule has 45 heavy (non-hydrogen) atoms. The Morgan fingerprint density at radius 2 is 0.911 bits per heavy atom. The van der Waals surface area contributed by atoms with Gasteiger partial charge in [0.15, 0.2) is 0 Å². The smallest absolute Gasteiger partial charge is 0.206 e. The summed E-state index contributed by atoms with van der Waals surface area (Å²) < 4.78 is 38.6. The molecule has 6 nitrogen and oxygen atoms in total. The van der Waals surface area contributed by atoms with Crippen molar-refractivity contribution >= 4 is 9.84 Å². The first-order chi connectivity index (χ1) is 21.7. The van der Waals surface area contributed by atoms with E-state index in [1.54, 1.807) is 48.5 Å². The molecule has 0 saturated heterocycles. The molecule has 0 radical (unpaired) electrons. The second kappa shape index (κ2) is 12.8. The molecule has 0 unspecified atom stereocenters. The van der Waals surface area contributed by atoms with Gasteiger partial charge in [0.2, 0.25) is 9.84 Å². The van der Waals surface area contributed by atoms with Gasteiger partial charge in [0, 0.05) is 11.1 Å². The molecule has 2 aliphatic rings. The van der Waals surface area contributed by atoms with Gasteiger partial charge in [-0.15, -0.1) is 0 Å². The van der Waals surface area contributed by atoms with Crippen LogP contribution in [0.25, 0.3) is 0 Å². The fourth-order valence-corrected chi connectivity index (χ4v) is 6.86. The number of sulfone groups is 1. The van der Waals surface area contributed by atoms with E-state index in [9.17, 15) is 18.6 Å². The summed E-state index contributed by atoms with van der Waals surface area (Å²) in [6.45, 7) is 0. The largest absolute Gasteiger partial charge is 0.457 e.